The van der Waals surface area contributed by atoms with Crippen LogP contribution in [-0.2, 0) is 13.0 Å². The number of fused-ring (bicyclic) bond motifs is 3. The molecule has 5 aromatic rings. The summed E-state index contributed by atoms with van der Waals surface area (Å²) in [5, 5.41) is 8.22. The monoisotopic (exact) mass is 501 g/mol. The predicted octanol–water partition coefficient (Wildman–Crippen LogP) is 6.98. The number of benzene rings is 3. The second-order valence-electron chi connectivity index (χ2n) is 9.82. The van der Waals surface area contributed by atoms with Gasteiger partial charge >= 0.3 is 6.03 Å². The van der Waals surface area contributed by atoms with Crippen molar-refractivity contribution in [3.63, 3.8) is 0 Å². The zero-order chi connectivity index (χ0) is 26.2. The lowest BCUT2D eigenvalue weighted by Gasteiger charge is -2.31. The van der Waals surface area contributed by atoms with E-state index in [1.807, 2.05) is 70.2 Å². The third-order valence-electron chi connectivity index (χ3n) is 7.44. The smallest absolute Gasteiger partial charge is 0.308 e. The van der Waals surface area contributed by atoms with Gasteiger partial charge in [-0.2, -0.15) is 5.10 Å². The fraction of sp³-hybridized carbons (Fsp3) is 0.188. The van der Waals surface area contributed by atoms with E-state index in [9.17, 15) is 4.79 Å². The Hall–Kier alpha value is -4.58. The Morgan fingerprint density at radius 1 is 0.921 bits per heavy atom. The zero-order valence-electron chi connectivity index (χ0n) is 21.9. The molecule has 0 saturated carbocycles. The molecule has 6 nitrogen and oxygen atoms in total. The van der Waals surface area contributed by atoms with Gasteiger partial charge in [-0.25, -0.2) is 9.48 Å². The van der Waals surface area contributed by atoms with Crippen molar-refractivity contribution in [3.8, 4) is 11.5 Å². The van der Waals surface area contributed by atoms with E-state index in [1.165, 1.54) is 5.56 Å². The second kappa shape index (κ2) is 9.71. The molecule has 3 aromatic carbocycles. The molecule has 0 unspecified atom stereocenters. The van der Waals surface area contributed by atoms with E-state index in [0.717, 1.165) is 51.7 Å². The van der Waals surface area contributed by atoms with Crippen LogP contribution in [0.25, 0.3) is 11.5 Å². The van der Waals surface area contributed by atoms with Crippen molar-refractivity contribution < 1.29 is 4.79 Å². The number of para-hydroxylation sites is 1. The molecular weight excluding hydrogens is 470 g/mol. The third kappa shape index (κ3) is 4.08. The van der Waals surface area contributed by atoms with Crippen LogP contribution in [0.4, 0.5) is 10.5 Å². The third-order valence-corrected chi connectivity index (χ3v) is 7.44. The number of anilines is 1. The Balaban J connectivity index is 1.53. The fourth-order valence-corrected chi connectivity index (χ4v) is 5.35. The lowest BCUT2D eigenvalue weighted by Crippen LogP contribution is -2.38. The van der Waals surface area contributed by atoms with Gasteiger partial charge < -0.3 is 14.8 Å². The van der Waals surface area contributed by atoms with Crippen LogP contribution in [-0.4, -0.2) is 25.3 Å². The summed E-state index contributed by atoms with van der Waals surface area (Å²) in [6, 6.07) is 30.2. The van der Waals surface area contributed by atoms with E-state index >= 15 is 0 Å². The maximum atomic E-state index is 14.1. The first-order chi connectivity index (χ1) is 18.5. The first-order valence-corrected chi connectivity index (χ1v) is 13.1. The van der Waals surface area contributed by atoms with Crippen molar-refractivity contribution in [2.75, 3.05) is 5.32 Å². The van der Waals surface area contributed by atoms with E-state index in [4.69, 9.17) is 5.10 Å². The van der Waals surface area contributed by atoms with Crippen molar-refractivity contribution in [1.82, 2.24) is 19.2 Å². The van der Waals surface area contributed by atoms with Crippen LogP contribution < -0.4 is 5.32 Å². The first-order valence-electron chi connectivity index (χ1n) is 13.1. The molecule has 2 aromatic heterocycles. The standard InChI is InChI=1S/C32H31N5O/c1-4-28-27-21-36(32(38)33-25-18-17-22(2)23(3)20-25)30(24-12-7-5-8-13-24)29-16-11-19-35(29)31(27)37(34-28)26-14-9-6-10-15-26/h5-20,30H,4,21H2,1-3H3,(H,33,38)/t30-/m1/s1. The number of urea groups is 1. The van der Waals surface area contributed by atoms with Crippen LogP contribution in [0.1, 0.15) is 46.6 Å². The Kier molecular flexibility index (Phi) is 6.08. The number of carbonyl (C=O) groups excluding carboxylic acids is 1. The normalized spacial score (nSPS) is 14.5. The summed E-state index contributed by atoms with van der Waals surface area (Å²) in [5.74, 6) is 0.982. The quantitative estimate of drug-likeness (QED) is 0.289. The van der Waals surface area contributed by atoms with Gasteiger partial charge in [-0.1, -0.05) is 61.5 Å². The summed E-state index contributed by atoms with van der Waals surface area (Å²) >= 11 is 0. The average Bonchev–Trinajstić information content (AvgIpc) is 3.53. The minimum absolute atomic E-state index is 0.141. The van der Waals surface area contributed by atoms with Gasteiger partial charge in [0.05, 0.1) is 29.7 Å². The maximum absolute atomic E-state index is 14.1. The van der Waals surface area contributed by atoms with E-state index in [-0.39, 0.29) is 12.1 Å². The van der Waals surface area contributed by atoms with Crippen molar-refractivity contribution >= 4 is 11.7 Å². The summed E-state index contributed by atoms with van der Waals surface area (Å²) in [7, 11) is 0. The first kappa shape index (κ1) is 23.8. The van der Waals surface area contributed by atoms with Gasteiger partial charge in [0.15, 0.2) is 0 Å². The van der Waals surface area contributed by atoms with Crippen molar-refractivity contribution in [2.45, 2.75) is 39.8 Å². The molecule has 1 aliphatic rings. The molecule has 0 fully saturated rings. The number of hydrogen-bond acceptors (Lipinski definition) is 2. The van der Waals surface area contributed by atoms with Crippen molar-refractivity contribution in [3.05, 3.63) is 131 Å². The molecule has 1 aliphatic heterocycles. The molecule has 1 N–H and O–H groups in total. The number of amides is 2. The molecule has 0 aliphatic carbocycles. The maximum Gasteiger partial charge on any atom is 0.322 e. The highest BCUT2D eigenvalue weighted by molar-refractivity contribution is 5.90. The molecule has 6 rings (SSSR count). The highest BCUT2D eigenvalue weighted by Crippen LogP contribution is 2.39. The number of carbonyl (C=O) groups is 1. The van der Waals surface area contributed by atoms with E-state index in [0.29, 0.717) is 6.54 Å². The lowest BCUT2D eigenvalue weighted by molar-refractivity contribution is 0.194. The molecule has 2 amide bonds. The van der Waals surface area contributed by atoms with Gasteiger partial charge in [0, 0.05) is 17.4 Å². The molecule has 0 bridgehead atoms. The van der Waals surface area contributed by atoms with Crippen LogP contribution in [0.5, 0.6) is 0 Å². The minimum Gasteiger partial charge on any atom is -0.308 e. The van der Waals surface area contributed by atoms with Crippen molar-refractivity contribution in [1.29, 1.82) is 0 Å². The Morgan fingerprint density at radius 2 is 1.66 bits per heavy atom. The molecule has 3 heterocycles. The number of aromatic nitrogens is 3. The highest BCUT2D eigenvalue weighted by Gasteiger charge is 2.36. The Bertz CT molecular complexity index is 1600. The minimum atomic E-state index is -0.279. The number of nitrogens with one attached hydrogen (secondary N) is 1. The van der Waals surface area contributed by atoms with E-state index in [2.05, 4.69) is 67.2 Å². The largest absolute Gasteiger partial charge is 0.322 e. The van der Waals surface area contributed by atoms with Gasteiger partial charge in [0.2, 0.25) is 0 Å². The van der Waals surface area contributed by atoms with Crippen molar-refractivity contribution in [2.24, 2.45) is 0 Å². The molecule has 1 atom stereocenters. The Labute approximate surface area is 223 Å². The number of hydrogen-bond donors (Lipinski definition) is 1. The van der Waals surface area contributed by atoms with Crippen LogP contribution in [0, 0.1) is 13.8 Å². The summed E-state index contributed by atoms with van der Waals surface area (Å²) in [5.41, 5.74) is 8.25. The average molecular weight is 502 g/mol. The molecule has 0 radical (unpaired) electrons. The van der Waals surface area contributed by atoms with E-state index < -0.39 is 0 Å². The topological polar surface area (TPSA) is 55.1 Å². The van der Waals surface area contributed by atoms with Gasteiger partial charge in [0.25, 0.3) is 0 Å². The van der Waals surface area contributed by atoms with Gasteiger partial charge in [0.1, 0.15) is 5.82 Å². The summed E-state index contributed by atoms with van der Waals surface area (Å²) in [6.45, 7) is 6.69. The SMILES string of the molecule is CCc1nn(-c2ccccc2)c2c1CN(C(=O)Nc1ccc(C)c(C)c1)[C@H](c1ccccc1)c1cccn1-2. The van der Waals surface area contributed by atoms with Gasteiger partial charge in [-0.15, -0.1) is 0 Å². The molecule has 0 spiro atoms. The summed E-state index contributed by atoms with van der Waals surface area (Å²) in [6.07, 6.45) is 2.84. The lowest BCUT2D eigenvalue weighted by atomic mass is 10.0. The summed E-state index contributed by atoms with van der Waals surface area (Å²) in [4.78, 5) is 16.0. The molecular formula is C32H31N5O. The number of rotatable bonds is 4. The van der Waals surface area contributed by atoms with Gasteiger partial charge in [-0.3, -0.25) is 0 Å². The predicted molar refractivity (Wildman–Crippen MR) is 151 cm³/mol. The molecule has 0 saturated heterocycles. The molecule has 6 heteroatoms. The van der Waals surface area contributed by atoms with Crippen LogP contribution in [0.3, 0.4) is 0 Å². The van der Waals surface area contributed by atoms with E-state index in [1.54, 1.807) is 0 Å². The fourth-order valence-electron chi connectivity index (χ4n) is 5.35. The number of nitrogens with zero attached hydrogens (tertiary/aromatic N) is 4. The molecule has 190 valence electrons. The van der Waals surface area contributed by atoms with Crippen LogP contribution >= 0.6 is 0 Å². The van der Waals surface area contributed by atoms with Gasteiger partial charge in [-0.05, 0) is 73.4 Å². The Morgan fingerprint density at radius 3 is 2.37 bits per heavy atom. The highest BCUT2D eigenvalue weighted by atomic mass is 16.2. The molecule has 38 heavy (non-hydrogen) atoms. The number of aryl methyl sites for hydroxylation is 3. The van der Waals surface area contributed by atoms with Crippen LogP contribution in [0.2, 0.25) is 0 Å². The van der Waals surface area contributed by atoms with Crippen LogP contribution in [0.15, 0.2) is 97.2 Å². The zero-order valence-corrected chi connectivity index (χ0v) is 21.9. The summed E-state index contributed by atoms with van der Waals surface area (Å²) < 4.78 is 4.22. The second-order valence-corrected chi connectivity index (χ2v) is 9.82.